The van der Waals surface area contributed by atoms with Crippen molar-refractivity contribution in [2.45, 2.75) is 26.6 Å². The SMILES string of the molecule is COc1ccccc1CNCc1ccc(OCc2cccc(C)c2)c(OC)c1.Cl. The number of hydrogen-bond acceptors (Lipinski definition) is 4. The Hall–Kier alpha value is -2.69. The molecule has 0 aliphatic heterocycles. The number of benzene rings is 3. The van der Waals surface area contributed by atoms with Crippen LogP contribution in [-0.2, 0) is 19.7 Å². The Labute approximate surface area is 179 Å². The van der Waals surface area contributed by atoms with Gasteiger partial charge in [-0.05, 0) is 36.2 Å². The molecule has 4 nitrogen and oxygen atoms in total. The smallest absolute Gasteiger partial charge is 0.161 e. The summed E-state index contributed by atoms with van der Waals surface area (Å²) < 4.78 is 16.9. The fraction of sp³-hybridized carbons (Fsp3) is 0.250. The molecule has 3 aromatic carbocycles. The predicted molar refractivity (Wildman–Crippen MR) is 119 cm³/mol. The van der Waals surface area contributed by atoms with Crippen LogP contribution in [0.2, 0.25) is 0 Å². The summed E-state index contributed by atoms with van der Waals surface area (Å²) in [5.74, 6) is 2.38. The zero-order chi connectivity index (χ0) is 19.8. The number of rotatable bonds is 9. The number of halogens is 1. The lowest BCUT2D eigenvalue weighted by Gasteiger charge is -2.13. The minimum Gasteiger partial charge on any atom is -0.496 e. The molecule has 0 radical (unpaired) electrons. The summed E-state index contributed by atoms with van der Waals surface area (Å²) in [6, 6.07) is 22.4. The molecule has 0 aromatic heterocycles. The summed E-state index contributed by atoms with van der Waals surface area (Å²) in [6.07, 6.45) is 0. The molecular weight excluding hydrogens is 386 g/mol. The van der Waals surface area contributed by atoms with Crippen molar-refractivity contribution in [3.05, 3.63) is 89.0 Å². The first kappa shape index (κ1) is 22.6. The molecule has 0 heterocycles. The van der Waals surface area contributed by atoms with Gasteiger partial charge in [-0.25, -0.2) is 0 Å². The van der Waals surface area contributed by atoms with E-state index in [1.807, 2.05) is 36.4 Å². The van der Waals surface area contributed by atoms with Crippen LogP contribution in [0.3, 0.4) is 0 Å². The number of nitrogens with one attached hydrogen (secondary N) is 1. The van der Waals surface area contributed by atoms with Gasteiger partial charge in [-0.2, -0.15) is 0 Å². The van der Waals surface area contributed by atoms with Gasteiger partial charge < -0.3 is 19.5 Å². The third-order valence-corrected chi connectivity index (χ3v) is 4.54. The van der Waals surface area contributed by atoms with Crippen LogP contribution < -0.4 is 19.5 Å². The molecule has 5 heteroatoms. The van der Waals surface area contributed by atoms with E-state index in [0.717, 1.165) is 47.0 Å². The van der Waals surface area contributed by atoms with Crippen molar-refractivity contribution in [1.29, 1.82) is 0 Å². The average molecular weight is 414 g/mol. The first-order valence-electron chi connectivity index (χ1n) is 9.37. The van der Waals surface area contributed by atoms with Crippen molar-refractivity contribution in [2.75, 3.05) is 14.2 Å². The van der Waals surface area contributed by atoms with E-state index in [1.54, 1.807) is 14.2 Å². The van der Waals surface area contributed by atoms with E-state index in [9.17, 15) is 0 Å². The molecule has 0 unspecified atom stereocenters. The molecule has 0 aliphatic carbocycles. The van der Waals surface area contributed by atoms with Crippen LogP contribution in [0.15, 0.2) is 66.7 Å². The Morgan fingerprint density at radius 1 is 0.724 bits per heavy atom. The Kier molecular flexibility index (Phi) is 8.84. The molecular formula is C24H28ClNO3. The van der Waals surface area contributed by atoms with Crippen LogP contribution in [0, 0.1) is 6.92 Å². The van der Waals surface area contributed by atoms with Crippen molar-refractivity contribution in [1.82, 2.24) is 5.32 Å². The van der Waals surface area contributed by atoms with Gasteiger partial charge in [-0.15, -0.1) is 12.4 Å². The summed E-state index contributed by atoms with van der Waals surface area (Å²) in [6.45, 7) is 4.06. The van der Waals surface area contributed by atoms with Gasteiger partial charge in [0, 0.05) is 18.7 Å². The van der Waals surface area contributed by atoms with E-state index in [1.165, 1.54) is 5.56 Å². The fourth-order valence-corrected chi connectivity index (χ4v) is 3.09. The summed E-state index contributed by atoms with van der Waals surface area (Å²) >= 11 is 0. The van der Waals surface area contributed by atoms with E-state index >= 15 is 0 Å². The molecule has 29 heavy (non-hydrogen) atoms. The van der Waals surface area contributed by atoms with Crippen molar-refractivity contribution in [2.24, 2.45) is 0 Å². The molecule has 154 valence electrons. The first-order chi connectivity index (χ1) is 13.7. The first-order valence-corrected chi connectivity index (χ1v) is 9.37. The zero-order valence-electron chi connectivity index (χ0n) is 17.1. The molecule has 3 rings (SSSR count). The molecule has 0 spiro atoms. The quantitative estimate of drug-likeness (QED) is 0.516. The van der Waals surface area contributed by atoms with E-state index < -0.39 is 0 Å². The van der Waals surface area contributed by atoms with Crippen LogP contribution in [-0.4, -0.2) is 14.2 Å². The highest BCUT2D eigenvalue weighted by atomic mass is 35.5. The molecule has 1 N–H and O–H groups in total. The second-order valence-electron chi connectivity index (χ2n) is 6.68. The monoisotopic (exact) mass is 413 g/mol. The van der Waals surface area contributed by atoms with Crippen molar-refractivity contribution >= 4 is 12.4 Å². The van der Waals surface area contributed by atoms with Gasteiger partial charge in [0.25, 0.3) is 0 Å². The second kappa shape index (κ2) is 11.3. The minimum atomic E-state index is 0. The largest absolute Gasteiger partial charge is 0.496 e. The molecule has 0 fully saturated rings. The Morgan fingerprint density at radius 3 is 2.28 bits per heavy atom. The van der Waals surface area contributed by atoms with E-state index in [0.29, 0.717) is 6.61 Å². The third kappa shape index (κ3) is 6.41. The highest BCUT2D eigenvalue weighted by Crippen LogP contribution is 2.29. The second-order valence-corrected chi connectivity index (χ2v) is 6.68. The number of methoxy groups -OCH3 is 2. The summed E-state index contributed by atoms with van der Waals surface area (Å²) in [7, 11) is 3.36. The molecule has 0 amide bonds. The van der Waals surface area contributed by atoms with Crippen molar-refractivity contribution in [3.63, 3.8) is 0 Å². The fourth-order valence-electron chi connectivity index (χ4n) is 3.09. The van der Waals surface area contributed by atoms with Gasteiger partial charge in [0.15, 0.2) is 11.5 Å². The molecule has 0 bridgehead atoms. The van der Waals surface area contributed by atoms with Crippen LogP contribution in [0.1, 0.15) is 22.3 Å². The average Bonchev–Trinajstić information content (AvgIpc) is 2.73. The number of aryl methyl sites for hydroxylation is 1. The maximum atomic E-state index is 5.97. The Bertz CT molecular complexity index is 914. The Morgan fingerprint density at radius 2 is 1.52 bits per heavy atom. The highest BCUT2D eigenvalue weighted by Gasteiger charge is 2.07. The van der Waals surface area contributed by atoms with Gasteiger partial charge in [0.2, 0.25) is 0 Å². The van der Waals surface area contributed by atoms with Gasteiger partial charge in [-0.3, -0.25) is 0 Å². The number of para-hydroxylation sites is 1. The standard InChI is InChI=1S/C24H27NO3.ClH/c1-18-7-6-8-20(13-18)17-28-23-12-11-19(14-24(23)27-3)15-25-16-21-9-4-5-10-22(21)26-2;/h4-14,25H,15-17H2,1-3H3;1H. The minimum absolute atomic E-state index is 0. The lowest BCUT2D eigenvalue weighted by atomic mass is 10.1. The zero-order valence-corrected chi connectivity index (χ0v) is 17.9. The van der Waals surface area contributed by atoms with Crippen molar-refractivity contribution < 1.29 is 14.2 Å². The van der Waals surface area contributed by atoms with Gasteiger partial charge >= 0.3 is 0 Å². The van der Waals surface area contributed by atoms with E-state index in [-0.39, 0.29) is 12.4 Å². The molecule has 0 saturated carbocycles. The van der Waals surface area contributed by atoms with Gasteiger partial charge in [0.1, 0.15) is 12.4 Å². The lowest BCUT2D eigenvalue weighted by molar-refractivity contribution is 0.284. The predicted octanol–water partition coefficient (Wildman–Crippen LogP) is 5.30. The summed E-state index contributed by atoms with van der Waals surface area (Å²) in [4.78, 5) is 0. The number of hydrogen-bond donors (Lipinski definition) is 1. The third-order valence-electron chi connectivity index (χ3n) is 4.54. The normalized spacial score (nSPS) is 10.2. The summed E-state index contributed by atoms with van der Waals surface area (Å²) in [5.41, 5.74) is 4.64. The topological polar surface area (TPSA) is 39.7 Å². The molecule has 0 saturated heterocycles. The highest BCUT2D eigenvalue weighted by molar-refractivity contribution is 5.85. The molecule has 0 aliphatic rings. The molecule has 3 aromatic rings. The van der Waals surface area contributed by atoms with Crippen molar-refractivity contribution in [3.8, 4) is 17.2 Å². The van der Waals surface area contributed by atoms with Crippen LogP contribution in [0.25, 0.3) is 0 Å². The molecule has 0 atom stereocenters. The van der Waals surface area contributed by atoms with Crippen LogP contribution in [0.5, 0.6) is 17.2 Å². The Balaban J connectivity index is 0.00000300. The van der Waals surface area contributed by atoms with Gasteiger partial charge in [-0.1, -0.05) is 54.1 Å². The van der Waals surface area contributed by atoms with E-state index in [2.05, 4.69) is 42.6 Å². The van der Waals surface area contributed by atoms with Gasteiger partial charge in [0.05, 0.1) is 14.2 Å². The van der Waals surface area contributed by atoms with Crippen LogP contribution in [0.4, 0.5) is 0 Å². The lowest BCUT2D eigenvalue weighted by Crippen LogP contribution is -2.13. The van der Waals surface area contributed by atoms with E-state index in [4.69, 9.17) is 14.2 Å². The maximum absolute atomic E-state index is 5.97. The number of ether oxygens (including phenoxy) is 3. The summed E-state index contributed by atoms with van der Waals surface area (Å²) in [5, 5.41) is 3.45. The van der Waals surface area contributed by atoms with Crippen LogP contribution >= 0.6 is 12.4 Å². The maximum Gasteiger partial charge on any atom is 0.161 e.